The smallest absolute Gasteiger partial charge is 0.305 e. The van der Waals surface area contributed by atoms with Gasteiger partial charge < -0.3 is 9.47 Å². The number of ether oxygens (including phenoxy) is 2. The van der Waals surface area contributed by atoms with E-state index in [0.29, 0.717) is 36.7 Å². The second-order valence-electron chi connectivity index (χ2n) is 11.4. The first-order chi connectivity index (χ1) is 16.1. The summed E-state index contributed by atoms with van der Waals surface area (Å²) in [6.07, 6.45) is 14.7. The average Bonchev–Trinajstić information content (AvgIpc) is 3.45. The molecule has 3 rings (SSSR count). The molecule has 3 aliphatic rings. The molecule has 0 N–H and O–H groups in total. The van der Waals surface area contributed by atoms with E-state index in [9.17, 15) is 9.59 Å². The molecule has 1 saturated carbocycles. The van der Waals surface area contributed by atoms with Gasteiger partial charge in [-0.2, -0.15) is 0 Å². The highest BCUT2D eigenvalue weighted by molar-refractivity contribution is 5.93. The molecular weight excluding hydrogens is 424 g/mol. The zero-order chi connectivity index (χ0) is 24.9. The van der Waals surface area contributed by atoms with Gasteiger partial charge in [0.2, 0.25) is 0 Å². The van der Waals surface area contributed by atoms with Crippen LogP contribution in [0.3, 0.4) is 0 Å². The standard InChI is InChI=1S/C30H44O4/c1-7-26-16-22(4)14-20(2)9-11-29(32)33-19-25(15-21(3)8-10-28(26)31)17-27-18-30(27)13-12-23(5)24(6)34-30/h7-8,10,15,20,22-23,25-27H,1,6,9,11-14,16-19H2,2-5H3/b10-8+,21-15+. The van der Waals surface area contributed by atoms with Gasteiger partial charge in [-0.3, -0.25) is 9.59 Å². The van der Waals surface area contributed by atoms with E-state index in [0.717, 1.165) is 56.3 Å². The summed E-state index contributed by atoms with van der Waals surface area (Å²) in [5.41, 5.74) is 0.947. The topological polar surface area (TPSA) is 52.6 Å². The second kappa shape index (κ2) is 11.6. The zero-order valence-electron chi connectivity index (χ0n) is 21.7. The van der Waals surface area contributed by atoms with Crippen molar-refractivity contribution < 1.29 is 19.1 Å². The normalized spacial score (nSPS) is 40.6. The summed E-state index contributed by atoms with van der Waals surface area (Å²) < 4.78 is 12.0. The Hall–Kier alpha value is -2.10. The lowest BCUT2D eigenvalue weighted by Gasteiger charge is -2.31. The molecule has 0 radical (unpaired) electrons. The lowest BCUT2D eigenvalue weighted by molar-refractivity contribution is -0.145. The van der Waals surface area contributed by atoms with Crippen molar-refractivity contribution in [3.05, 3.63) is 48.8 Å². The third kappa shape index (κ3) is 7.20. The van der Waals surface area contributed by atoms with Gasteiger partial charge >= 0.3 is 5.97 Å². The summed E-state index contributed by atoms with van der Waals surface area (Å²) in [5, 5.41) is 0. The number of allylic oxidation sites excluding steroid dienone is 5. The van der Waals surface area contributed by atoms with E-state index in [1.807, 2.05) is 13.0 Å². The number of rotatable bonds is 3. The SMILES string of the molecule is C=CC1CC(C)CC(C)CCC(=O)OCC(CC2CC23CCC(C)C(=C)O3)/C=C(C)/C=C/C1=O. The van der Waals surface area contributed by atoms with Gasteiger partial charge in [0.25, 0.3) is 0 Å². The molecule has 7 unspecified atom stereocenters. The van der Waals surface area contributed by atoms with Crippen LogP contribution in [-0.2, 0) is 19.1 Å². The number of carbonyl (C=O) groups is 2. The summed E-state index contributed by atoms with van der Waals surface area (Å²) in [7, 11) is 0. The van der Waals surface area contributed by atoms with Gasteiger partial charge in [-0.15, -0.1) is 6.58 Å². The van der Waals surface area contributed by atoms with Gasteiger partial charge in [-0.25, -0.2) is 0 Å². The number of ketones is 1. The van der Waals surface area contributed by atoms with Gasteiger partial charge in [-0.05, 0) is 69.8 Å². The molecule has 0 aromatic heterocycles. The molecule has 0 aromatic rings. The van der Waals surface area contributed by atoms with Gasteiger partial charge in [0.15, 0.2) is 5.78 Å². The first-order valence-corrected chi connectivity index (χ1v) is 13.2. The number of hydrogen-bond donors (Lipinski definition) is 0. The Morgan fingerprint density at radius 3 is 2.59 bits per heavy atom. The maximum atomic E-state index is 12.8. The molecular formula is C30H44O4. The molecule has 4 nitrogen and oxygen atoms in total. The van der Waals surface area contributed by atoms with E-state index in [2.05, 4.69) is 40.0 Å². The van der Waals surface area contributed by atoms with E-state index in [-0.39, 0.29) is 29.2 Å². The molecule has 4 heteroatoms. The molecule has 0 aromatic carbocycles. The van der Waals surface area contributed by atoms with E-state index >= 15 is 0 Å². The monoisotopic (exact) mass is 468 g/mol. The molecule has 0 bridgehead atoms. The highest BCUT2D eigenvalue weighted by Crippen LogP contribution is 2.57. The maximum absolute atomic E-state index is 12.8. The lowest BCUT2D eigenvalue weighted by atomic mass is 9.85. The molecule has 1 saturated heterocycles. The third-order valence-corrected chi connectivity index (χ3v) is 8.07. The molecule has 7 atom stereocenters. The fourth-order valence-electron chi connectivity index (χ4n) is 5.74. The van der Waals surface area contributed by atoms with E-state index in [1.54, 1.807) is 12.2 Å². The van der Waals surface area contributed by atoms with Crippen LogP contribution in [-0.4, -0.2) is 24.0 Å². The molecule has 2 heterocycles. The molecule has 34 heavy (non-hydrogen) atoms. The van der Waals surface area contributed by atoms with Gasteiger partial charge in [0.1, 0.15) is 5.60 Å². The highest BCUT2D eigenvalue weighted by atomic mass is 16.5. The number of carbonyl (C=O) groups excluding carboxylic acids is 2. The van der Waals surface area contributed by atoms with Crippen LogP contribution in [0, 0.1) is 35.5 Å². The van der Waals surface area contributed by atoms with Crippen molar-refractivity contribution in [2.45, 2.75) is 84.7 Å². The van der Waals surface area contributed by atoms with Crippen molar-refractivity contribution in [2.75, 3.05) is 6.61 Å². The van der Waals surface area contributed by atoms with Crippen LogP contribution in [0.15, 0.2) is 48.8 Å². The van der Waals surface area contributed by atoms with Crippen molar-refractivity contribution in [3.8, 4) is 0 Å². The van der Waals surface area contributed by atoms with Gasteiger partial charge in [-0.1, -0.05) is 51.2 Å². The fraction of sp³-hybridized carbons (Fsp3) is 0.667. The van der Waals surface area contributed by atoms with E-state index in [4.69, 9.17) is 9.47 Å². The fourth-order valence-corrected chi connectivity index (χ4v) is 5.74. The van der Waals surface area contributed by atoms with Crippen molar-refractivity contribution in [3.63, 3.8) is 0 Å². The first kappa shape index (κ1) is 26.5. The van der Waals surface area contributed by atoms with Crippen molar-refractivity contribution >= 4 is 11.8 Å². The van der Waals surface area contributed by atoms with Crippen LogP contribution in [0.1, 0.15) is 79.1 Å². The predicted octanol–water partition coefficient (Wildman–Crippen LogP) is 6.97. The largest absolute Gasteiger partial charge is 0.492 e. The summed E-state index contributed by atoms with van der Waals surface area (Å²) in [5.74, 6) is 2.53. The van der Waals surface area contributed by atoms with Gasteiger partial charge in [0, 0.05) is 30.1 Å². The third-order valence-electron chi connectivity index (χ3n) is 8.07. The minimum atomic E-state index is -0.162. The predicted molar refractivity (Wildman–Crippen MR) is 137 cm³/mol. The minimum absolute atomic E-state index is 0.0697. The molecule has 2 aliphatic heterocycles. The highest BCUT2D eigenvalue weighted by Gasteiger charge is 2.58. The molecule has 2 fully saturated rings. The Morgan fingerprint density at radius 2 is 1.88 bits per heavy atom. The van der Waals surface area contributed by atoms with Crippen LogP contribution in [0.5, 0.6) is 0 Å². The summed E-state index contributed by atoms with van der Waals surface area (Å²) in [6, 6.07) is 0. The number of esters is 1. The molecule has 188 valence electrons. The number of cyclic esters (lactones) is 1. The maximum Gasteiger partial charge on any atom is 0.305 e. The molecule has 0 amide bonds. The van der Waals surface area contributed by atoms with E-state index in [1.165, 1.54) is 0 Å². The van der Waals surface area contributed by atoms with Crippen LogP contribution < -0.4 is 0 Å². The van der Waals surface area contributed by atoms with Gasteiger partial charge in [0.05, 0.1) is 12.4 Å². The van der Waals surface area contributed by atoms with Crippen LogP contribution in [0.4, 0.5) is 0 Å². The van der Waals surface area contributed by atoms with Crippen molar-refractivity contribution in [1.82, 2.24) is 0 Å². The Balaban J connectivity index is 1.72. The summed E-state index contributed by atoms with van der Waals surface area (Å²) in [4.78, 5) is 25.3. The Bertz CT molecular complexity index is 837. The van der Waals surface area contributed by atoms with Crippen molar-refractivity contribution in [1.29, 1.82) is 0 Å². The van der Waals surface area contributed by atoms with Crippen LogP contribution >= 0.6 is 0 Å². The average molecular weight is 469 g/mol. The summed E-state index contributed by atoms with van der Waals surface area (Å²) in [6.45, 7) is 16.9. The molecule has 1 spiro atoms. The molecule has 1 aliphatic carbocycles. The second-order valence-corrected chi connectivity index (χ2v) is 11.4. The zero-order valence-corrected chi connectivity index (χ0v) is 21.7. The van der Waals surface area contributed by atoms with Crippen molar-refractivity contribution in [2.24, 2.45) is 35.5 Å². The van der Waals surface area contributed by atoms with E-state index < -0.39 is 0 Å². The quantitative estimate of drug-likeness (QED) is 0.331. The summed E-state index contributed by atoms with van der Waals surface area (Å²) >= 11 is 0. The Kier molecular flexibility index (Phi) is 9.01. The Labute approximate surface area is 206 Å². The first-order valence-electron chi connectivity index (χ1n) is 13.2. The Morgan fingerprint density at radius 1 is 1.12 bits per heavy atom. The minimum Gasteiger partial charge on any atom is -0.492 e. The lowest BCUT2D eigenvalue weighted by Crippen LogP contribution is -2.27. The van der Waals surface area contributed by atoms with Crippen LogP contribution in [0.25, 0.3) is 0 Å². The number of hydrogen-bond acceptors (Lipinski definition) is 4. The van der Waals surface area contributed by atoms with Crippen LogP contribution in [0.2, 0.25) is 0 Å².